The number of aromatic nitrogens is 2. The van der Waals surface area contributed by atoms with Crippen LogP contribution in [0.1, 0.15) is 25.1 Å². The molecule has 1 fully saturated rings. The molecule has 2 heterocycles. The summed E-state index contributed by atoms with van der Waals surface area (Å²) in [7, 11) is 1.86. The number of nitrogens with zero attached hydrogens (tertiary/aromatic N) is 4. The van der Waals surface area contributed by atoms with E-state index in [1.54, 1.807) is 17.4 Å². The van der Waals surface area contributed by atoms with Gasteiger partial charge in [-0.05, 0) is 19.4 Å². The zero-order chi connectivity index (χ0) is 18.0. The quantitative estimate of drug-likeness (QED) is 0.850. The minimum atomic E-state index is -0.845. The Bertz CT molecular complexity index is 767. The molecule has 0 bridgehead atoms. The van der Waals surface area contributed by atoms with E-state index in [0.29, 0.717) is 19.6 Å². The average molecular weight is 340 g/mol. The van der Waals surface area contributed by atoms with Crippen LogP contribution in [0.15, 0.2) is 42.9 Å². The second kappa shape index (κ2) is 6.70. The fourth-order valence-electron chi connectivity index (χ4n) is 3.30. The van der Waals surface area contributed by atoms with Crippen molar-refractivity contribution in [2.24, 2.45) is 7.05 Å². The van der Waals surface area contributed by atoms with Gasteiger partial charge in [-0.2, -0.15) is 0 Å². The first-order chi connectivity index (χ1) is 11.9. The lowest BCUT2D eigenvalue weighted by atomic mass is 9.96. The molecule has 0 radical (unpaired) electrons. The molecule has 6 nitrogen and oxygen atoms in total. The summed E-state index contributed by atoms with van der Waals surface area (Å²) in [5, 5.41) is 0. The smallest absolute Gasteiger partial charge is 0.248 e. The minimum Gasteiger partial charge on any atom is -0.337 e. The molecule has 1 aliphatic rings. The van der Waals surface area contributed by atoms with Gasteiger partial charge in [-0.15, -0.1) is 0 Å². The number of piperazine rings is 1. The Morgan fingerprint density at radius 2 is 1.92 bits per heavy atom. The van der Waals surface area contributed by atoms with Crippen molar-refractivity contribution in [1.29, 1.82) is 0 Å². The van der Waals surface area contributed by atoms with Gasteiger partial charge in [0.05, 0.1) is 12.7 Å². The van der Waals surface area contributed by atoms with E-state index in [4.69, 9.17) is 0 Å². The fraction of sp³-hybridized carbons (Fsp3) is 0.421. The molecule has 0 saturated carbocycles. The Balaban J connectivity index is 1.71. The molecular formula is C19H24N4O2. The van der Waals surface area contributed by atoms with Crippen molar-refractivity contribution in [2.75, 3.05) is 13.1 Å². The minimum absolute atomic E-state index is 0.0130. The van der Waals surface area contributed by atoms with Gasteiger partial charge in [0, 0.05) is 38.6 Å². The third kappa shape index (κ3) is 3.43. The van der Waals surface area contributed by atoms with Crippen LogP contribution in [0.25, 0.3) is 0 Å². The number of carbonyl (C=O) groups excluding carboxylic acids is 2. The first kappa shape index (κ1) is 17.2. The Hall–Kier alpha value is -2.63. The molecule has 1 saturated heterocycles. The van der Waals surface area contributed by atoms with E-state index in [1.807, 2.05) is 60.7 Å². The number of benzene rings is 1. The summed E-state index contributed by atoms with van der Waals surface area (Å²) in [6.45, 7) is 5.32. The molecule has 0 spiro atoms. The van der Waals surface area contributed by atoms with Crippen molar-refractivity contribution in [1.82, 2.24) is 19.4 Å². The van der Waals surface area contributed by atoms with Crippen molar-refractivity contribution >= 4 is 11.8 Å². The van der Waals surface area contributed by atoms with Crippen LogP contribution in [-0.4, -0.2) is 49.8 Å². The lowest BCUT2D eigenvalue weighted by Gasteiger charge is -2.46. The normalized spacial score (nSPS) is 17.0. The SMILES string of the molecule is Cn1cncc1CC(=O)N1CCN(Cc2ccccc2)C(=O)C1(C)C. The maximum absolute atomic E-state index is 13.0. The number of hydrogen-bond acceptors (Lipinski definition) is 3. The van der Waals surface area contributed by atoms with Crippen molar-refractivity contribution in [3.63, 3.8) is 0 Å². The third-order valence-electron chi connectivity index (χ3n) is 4.85. The highest BCUT2D eigenvalue weighted by Crippen LogP contribution is 2.25. The van der Waals surface area contributed by atoms with Crippen LogP contribution in [0.3, 0.4) is 0 Å². The van der Waals surface area contributed by atoms with Gasteiger partial charge in [0.2, 0.25) is 11.8 Å². The van der Waals surface area contributed by atoms with E-state index >= 15 is 0 Å². The van der Waals surface area contributed by atoms with Crippen LogP contribution in [0.2, 0.25) is 0 Å². The second-order valence-electron chi connectivity index (χ2n) is 6.99. The third-order valence-corrected chi connectivity index (χ3v) is 4.85. The van der Waals surface area contributed by atoms with E-state index in [9.17, 15) is 9.59 Å². The predicted molar refractivity (Wildman–Crippen MR) is 94.6 cm³/mol. The second-order valence-corrected chi connectivity index (χ2v) is 6.99. The molecule has 6 heteroatoms. The first-order valence-electron chi connectivity index (χ1n) is 8.48. The number of aryl methyl sites for hydroxylation is 1. The van der Waals surface area contributed by atoms with Crippen LogP contribution in [-0.2, 0) is 29.6 Å². The number of amides is 2. The number of hydrogen-bond donors (Lipinski definition) is 0. The topological polar surface area (TPSA) is 58.4 Å². The van der Waals surface area contributed by atoms with Gasteiger partial charge in [0.15, 0.2) is 0 Å². The lowest BCUT2D eigenvalue weighted by Crippen LogP contribution is -2.64. The van der Waals surface area contributed by atoms with E-state index in [2.05, 4.69) is 4.98 Å². The number of carbonyl (C=O) groups is 2. The summed E-state index contributed by atoms with van der Waals surface area (Å²) in [4.78, 5) is 33.3. The van der Waals surface area contributed by atoms with Gasteiger partial charge in [-0.25, -0.2) is 4.98 Å². The van der Waals surface area contributed by atoms with Crippen molar-refractivity contribution in [3.05, 3.63) is 54.1 Å². The van der Waals surface area contributed by atoms with Crippen molar-refractivity contribution in [3.8, 4) is 0 Å². The highest BCUT2D eigenvalue weighted by molar-refractivity contribution is 5.92. The molecule has 0 unspecified atom stereocenters. The van der Waals surface area contributed by atoms with Crippen molar-refractivity contribution in [2.45, 2.75) is 32.4 Å². The summed E-state index contributed by atoms with van der Waals surface area (Å²) in [6, 6.07) is 9.93. The summed E-state index contributed by atoms with van der Waals surface area (Å²) < 4.78 is 1.83. The van der Waals surface area contributed by atoms with Gasteiger partial charge >= 0.3 is 0 Å². The maximum atomic E-state index is 13.0. The van der Waals surface area contributed by atoms with Gasteiger partial charge < -0.3 is 14.4 Å². The Labute approximate surface area is 148 Å². The van der Waals surface area contributed by atoms with Gasteiger partial charge in [-0.1, -0.05) is 30.3 Å². The lowest BCUT2D eigenvalue weighted by molar-refractivity contribution is -0.158. The molecule has 3 rings (SSSR count). The number of rotatable bonds is 4. The Kier molecular flexibility index (Phi) is 4.61. The first-order valence-corrected chi connectivity index (χ1v) is 8.48. The summed E-state index contributed by atoms with van der Waals surface area (Å²) in [6.07, 6.45) is 3.63. The summed E-state index contributed by atoms with van der Waals surface area (Å²) in [5.41, 5.74) is 1.10. The highest BCUT2D eigenvalue weighted by atomic mass is 16.2. The molecule has 0 atom stereocenters. The standard InChI is InChI=1S/C19H24N4O2/c1-19(2)18(25)22(13-15-7-5-4-6-8-15)9-10-23(19)17(24)11-16-12-20-14-21(16)3/h4-8,12,14H,9-11,13H2,1-3H3. The van der Waals surface area contributed by atoms with Gasteiger partial charge in [0.25, 0.3) is 0 Å². The highest BCUT2D eigenvalue weighted by Gasteiger charge is 2.43. The molecular weight excluding hydrogens is 316 g/mol. The average Bonchev–Trinajstić information content (AvgIpc) is 2.98. The molecule has 2 aromatic rings. The molecule has 2 amide bonds. The van der Waals surface area contributed by atoms with Gasteiger partial charge in [-0.3, -0.25) is 9.59 Å². The molecule has 1 aromatic carbocycles. The summed E-state index contributed by atoms with van der Waals surface area (Å²) in [5.74, 6) is -0.0535. The Morgan fingerprint density at radius 3 is 2.56 bits per heavy atom. The van der Waals surface area contributed by atoms with E-state index in [1.165, 1.54) is 0 Å². The molecule has 0 aliphatic carbocycles. The van der Waals surface area contributed by atoms with E-state index in [0.717, 1.165) is 11.3 Å². The monoisotopic (exact) mass is 340 g/mol. The summed E-state index contributed by atoms with van der Waals surface area (Å²) >= 11 is 0. The predicted octanol–water partition coefficient (Wildman–Crippen LogP) is 1.61. The van der Waals surface area contributed by atoms with Crippen LogP contribution in [0.4, 0.5) is 0 Å². The van der Waals surface area contributed by atoms with Crippen LogP contribution in [0, 0.1) is 0 Å². The van der Waals surface area contributed by atoms with E-state index < -0.39 is 5.54 Å². The zero-order valence-corrected chi connectivity index (χ0v) is 15.0. The largest absolute Gasteiger partial charge is 0.337 e. The van der Waals surface area contributed by atoms with Crippen LogP contribution < -0.4 is 0 Å². The maximum Gasteiger partial charge on any atom is 0.248 e. The zero-order valence-electron chi connectivity index (χ0n) is 15.0. The fourth-order valence-corrected chi connectivity index (χ4v) is 3.30. The van der Waals surface area contributed by atoms with E-state index in [-0.39, 0.29) is 18.2 Å². The van der Waals surface area contributed by atoms with Crippen LogP contribution in [0.5, 0.6) is 0 Å². The van der Waals surface area contributed by atoms with Gasteiger partial charge in [0.1, 0.15) is 5.54 Å². The molecule has 1 aliphatic heterocycles. The molecule has 1 aromatic heterocycles. The molecule has 25 heavy (non-hydrogen) atoms. The molecule has 0 N–H and O–H groups in total. The van der Waals surface area contributed by atoms with Crippen molar-refractivity contribution < 1.29 is 9.59 Å². The Morgan fingerprint density at radius 1 is 1.20 bits per heavy atom. The van der Waals surface area contributed by atoms with Crippen LogP contribution >= 0.6 is 0 Å². The number of imidazole rings is 1. The molecule has 132 valence electrons.